The average molecular weight is 270 g/mol. The lowest BCUT2D eigenvalue weighted by molar-refractivity contribution is 0.420. The number of nitrogens with one attached hydrogen (secondary N) is 1. The van der Waals surface area contributed by atoms with Crippen molar-refractivity contribution in [1.29, 1.82) is 0 Å². The summed E-state index contributed by atoms with van der Waals surface area (Å²) in [5.74, 6) is 0.600. The first kappa shape index (κ1) is 12.7. The van der Waals surface area contributed by atoms with Gasteiger partial charge in [0.15, 0.2) is 0 Å². The maximum absolute atomic E-state index is 3.68. The van der Waals surface area contributed by atoms with E-state index in [9.17, 15) is 0 Å². The minimum Gasteiger partial charge on any atom is -0.310 e. The molecule has 1 nitrogen and oxygen atoms in total. The SMILES string of the molecule is CCNC(c1cccc(C)c1Br)C(C)C. The third kappa shape index (κ3) is 3.05. The lowest BCUT2D eigenvalue weighted by Gasteiger charge is -2.24. The van der Waals surface area contributed by atoms with Crippen LogP contribution in [-0.2, 0) is 0 Å². The molecule has 0 aromatic heterocycles. The highest BCUT2D eigenvalue weighted by molar-refractivity contribution is 9.10. The second-order valence-corrected chi connectivity index (χ2v) is 5.05. The fourth-order valence-electron chi connectivity index (χ4n) is 1.83. The quantitative estimate of drug-likeness (QED) is 0.869. The van der Waals surface area contributed by atoms with Crippen LogP contribution in [0.3, 0.4) is 0 Å². The van der Waals surface area contributed by atoms with Crippen molar-refractivity contribution in [2.45, 2.75) is 33.7 Å². The molecule has 1 unspecified atom stereocenters. The van der Waals surface area contributed by atoms with Gasteiger partial charge in [-0.15, -0.1) is 0 Å². The van der Waals surface area contributed by atoms with Crippen LogP contribution < -0.4 is 5.32 Å². The van der Waals surface area contributed by atoms with Gasteiger partial charge in [0.2, 0.25) is 0 Å². The van der Waals surface area contributed by atoms with E-state index in [2.05, 4.69) is 67.1 Å². The Bertz CT molecular complexity index is 320. The zero-order chi connectivity index (χ0) is 11.4. The Kier molecular flexibility index (Phi) is 4.81. The lowest BCUT2D eigenvalue weighted by Crippen LogP contribution is -2.25. The molecule has 15 heavy (non-hydrogen) atoms. The van der Waals surface area contributed by atoms with Crippen molar-refractivity contribution in [3.8, 4) is 0 Å². The van der Waals surface area contributed by atoms with E-state index in [1.807, 2.05) is 0 Å². The van der Waals surface area contributed by atoms with Crippen molar-refractivity contribution in [3.05, 3.63) is 33.8 Å². The normalized spacial score (nSPS) is 13.2. The smallest absolute Gasteiger partial charge is 0.0354 e. The van der Waals surface area contributed by atoms with E-state index in [0.717, 1.165) is 6.54 Å². The minimum atomic E-state index is 0.435. The van der Waals surface area contributed by atoms with Crippen LogP contribution in [0.1, 0.15) is 37.9 Å². The zero-order valence-corrected chi connectivity index (χ0v) is 11.6. The van der Waals surface area contributed by atoms with Gasteiger partial charge in [-0.05, 0) is 30.5 Å². The van der Waals surface area contributed by atoms with Gasteiger partial charge < -0.3 is 5.32 Å². The molecule has 1 aromatic rings. The molecule has 0 heterocycles. The molecule has 1 aromatic carbocycles. The van der Waals surface area contributed by atoms with E-state index >= 15 is 0 Å². The third-order valence-corrected chi connectivity index (χ3v) is 3.73. The van der Waals surface area contributed by atoms with Crippen LogP contribution in [0.15, 0.2) is 22.7 Å². The van der Waals surface area contributed by atoms with Crippen LogP contribution in [0.5, 0.6) is 0 Å². The van der Waals surface area contributed by atoms with Crippen molar-refractivity contribution >= 4 is 15.9 Å². The number of rotatable bonds is 4. The summed E-state index contributed by atoms with van der Waals surface area (Å²) in [7, 11) is 0. The van der Waals surface area contributed by atoms with Crippen LogP contribution in [-0.4, -0.2) is 6.54 Å². The highest BCUT2D eigenvalue weighted by atomic mass is 79.9. The van der Waals surface area contributed by atoms with E-state index in [-0.39, 0.29) is 0 Å². The summed E-state index contributed by atoms with van der Waals surface area (Å²) in [6.07, 6.45) is 0. The summed E-state index contributed by atoms with van der Waals surface area (Å²) in [5, 5.41) is 3.54. The summed E-state index contributed by atoms with van der Waals surface area (Å²) in [6, 6.07) is 6.90. The molecule has 0 radical (unpaired) electrons. The first-order valence-electron chi connectivity index (χ1n) is 5.56. The molecule has 84 valence electrons. The molecular formula is C13H20BrN. The highest BCUT2D eigenvalue weighted by Gasteiger charge is 2.17. The molecule has 2 heteroatoms. The van der Waals surface area contributed by atoms with E-state index in [1.165, 1.54) is 15.6 Å². The van der Waals surface area contributed by atoms with Crippen molar-refractivity contribution in [1.82, 2.24) is 5.32 Å². The van der Waals surface area contributed by atoms with Gasteiger partial charge in [-0.3, -0.25) is 0 Å². The first-order chi connectivity index (χ1) is 7.07. The van der Waals surface area contributed by atoms with Crippen LogP contribution in [0.2, 0.25) is 0 Å². The second-order valence-electron chi connectivity index (χ2n) is 4.26. The number of aryl methyl sites for hydroxylation is 1. The Morgan fingerprint density at radius 1 is 1.33 bits per heavy atom. The Morgan fingerprint density at radius 2 is 2.00 bits per heavy atom. The molecule has 0 bridgehead atoms. The van der Waals surface area contributed by atoms with Gasteiger partial charge in [0, 0.05) is 10.5 Å². The summed E-state index contributed by atoms with van der Waals surface area (Å²) >= 11 is 3.68. The molecule has 0 spiro atoms. The Labute approximate surface area is 101 Å². The molecule has 0 saturated heterocycles. The van der Waals surface area contributed by atoms with E-state index in [0.29, 0.717) is 12.0 Å². The predicted molar refractivity (Wildman–Crippen MR) is 70.1 cm³/mol. The fraction of sp³-hybridized carbons (Fsp3) is 0.538. The van der Waals surface area contributed by atoms with E-state index in [1.54, 1.807) is 0 Å². The van der Waals surface area contributed by atoms with Gasteiger partial charge in [0.25, 0.3) is 0 Å². The van der Waals surface area contributed by atoms with Crippen LogP contribution in [0.25, 0.3) is 0 Å². The average Bonchev–Trinajstić information content (AvgIpc) is 2.19. The molecule has 0 saturated carbocycles. The van der Waals surface area contributed by atoms with Gasteiger partial charge >= 0.3 is 0 Å². The summed E-state index contributed by atoms with van der Waals surface area (Å²) in [4.78, 5) is 0. The minimum absolute atomic E-state index is 0.435. The number of hydrogen-bond acceptors (Lipinski definition) is 1. The largest absolute Gasteiger partial charge is 0.310 e. The number of halogens is 1. The van der Waals surface area contributed by atoms with Crippen LogP contribution in [0, 0.1) is 12.8 Å². The molecule has 1 atom stereocenters. The Morgan fingerprint density at radius 3 is 2.53 bits per heavy atom. The van der Waals surface area contributed by atoms with Crippen molar-refractivity contribution in [2.24, 2.45) is 5.92 Å². The molecule has 0 aliphatic heterocycles. The standard InChI is InChI=1S/C13H20BrN/c1-5-15-13(9(2)3)11-8-6-7-10(4)12(11)14/h6-9,13,15H,5H2,1-4H3. The summed E-state index contributed by atoms with van der Waals surface area (Å²) in [5.41, 5.74) is 2.67. The third-order valence-electron chi connectivity index (χ3n) is 2.65. The number of hydrogen-bond donors (Lipinski definition) is 1. The molecule has 1 rings (SSSR count). The molecule has 1 N–H and O–H groups in total. The molecule has 0 aliphatic rings. The van der Waals surface area contributed by atoms with Crippen molar-refractivity contribution < 1.29 is 0 Å². The highest BCUT2D eigenvalue weighted by Crippen LogP contribution is 2.30. The van der Waals surface area contributed by atoms with Gasteiger partial charge in [0.05, 0.1) is 0 Å². The number of benzene rings is 1. The Hall–Kier alpha value is -0.340. The van der Waals surface area contributed by atoms with Crippen molar-refractivity contribution in [3.63, 3.8) is 0 Å². The van der Waals surface area contributed by atoms with Gasteiger partial charge in [-0.25, -0.2) is 0 Å². The van der Waals surface area contributed by atoms with Gasteiger partial charge in [-0.1, -0.05) is 54.9 Å². The maximum atomic E-state index is 3.68. The maximum Gasteiger partial charge on any atom is 0.0354 e. The summed E-state index contributed by atoms with van der Waals surface area (Å²) in [6.45, 7) is 9.80. The summed E-state index contributed by atoms with van der Waals surface area (Å²) < 4.78 is 1.24. The monoisotopic (exact) mass is 269 g/mol. The lowest BCUT2D eigenvalue weighted by atomic mass is 9.95. The molecular weight excluding hydrogens is 250 g/mol. The van der Waals surface area contributed by atoms with Crippen molar-refractivity contribution in [2.75, 3.05) is 6.54 Å². The first-order valence-corrected chi connectivity index (χ1v) is 6.35. The van der Waals surface area contributed by atoms with Gasteiger partial charge in [0.1, 0.15) is 0 Å². The van der Waals surface area contributed by atoms with Gasteiger partial charge in [-0.2, -0.15) is 0 Å². The Balaban J connectivity index is 3.05. The van der Waals surface area contributed by atoms with E-state index < -0.39 is 0 Å². The van der Waals surface area contributed by atoms with Crippen LogP contribution >= 0.6 is 15.9 Å². The topological polar surface area (TPSA) is 12.0 Å². The second kappa shape index (κ2) is 5.66. The molecule has 0 fully saturated rings. The van der Waals surface area contributed by atoms with E-state index in [4.69, 9.17) is 0 Å². The predicted octanol–water partition coefficient (Wildman–Crippen LogP) is 4.06. The fourth-order valence-corrected chi connectivity index (χ4v) is 2.35. The van der Waals surface area contributed by atoms with Crippen LogP contribution in [0.4, 0.5) is 0 Å². The zero-order valence-electron chi connectivity index (χ0n) is 9.97. The molecule has 0 amide bonds. The molecule has 0 aliphatic carbocycles.